The number of ether oxygens (including phenoxy) is 2. The monoisotopic (exact) mass is 476 g/mol. The Morgan fingerprint density at radius 3 is 2.52 bits per heavy atom. The summed E-state index contributed by atoms with van der Waals surface area (Å²) in [5.74, 6) is 0. The van der Waals surface area contributed by atoms with Crippen LogP contribution in [0.25, 0.3) is 0 Å². The van der Waals surface area contributed by atoms with Gasteiger partial charge in [0, 0.05) is 30.1 Å². The van der Waals surface area contributed by atoms with Gasteiger partial charge in [0.1, 0.15) is 10.3 Å². The van der Waals surface area contributed by atoms with Crippen molar-refractivity contribution in [1.29, 1.82) is 0 Å². The molecule has 0 radical (unpaired) electrons. The average molecular weight is 478 g/mol. The normalized spacial score (nSPS) is 16.4. The molecule has 0 saturated carbocycles. The molecule has 3 rings (SSSR count). The first-order valence-corrected chi connectivity index (χ1v) is 9.82. The Morgan fingerprint density at radius 1 is 1.22 bits per heavy atom. The Hall–Kier alpha value is -1.09. The van der Waals surface area contributed by atoms with Gasteiger partial charge in [-0.2, -0.15) is 0 Å². The third-order valence-corrected chi connectivity index (χ3v) is 4.82. The summed E-state index contributed by atoms with van der Waals surface area (Å²) in [4.78, 5) is 18.6. The summed E-state index contributed by atoms with van der Waals surface area (Å²) in [6, 6.07) is 3.36. The molecule has 1 unspecified atom stereocenters. The number of rotatable bonds is 5. The van der Waals surface area contributed by atoms with Crippen molar-refractivity contribution in [2.75, 3.05) is 6.61 Å². The highest BCUT2D eigenvalue weighted by Crippen LogP contribution is 2.19. The molecule has 1 N–H and O–H groups in total. The molecule has 146 valence electrons. The lowest BCUT2D eigenvalue weighted by Gasteiger charge is -2.22. The van der Waals surface area contributed by atoms with E-state index in [1.807, 2.05) is 0 Å². The van der Waals surface area contributed by atoms with E-state index < -0.39 is 0 Å². The molecule has 0 spiro atoms. The minimum atomic E-state index is -0.178. The van der Waals surface area contributed by atoms with Gasteiger partial charge < -0.3 is 14.6 Å². The van der Waals surface area contributed by atoms with Crippen molar-refractivity contribution in [1.82, 2.24) is 9.97 Å². The largest absolute Gasteiger partial charge is 0.392 e. The number of pyridine rings is 2. The molecule has 1 fully saturated rings. The van der Waals surface area contributed by atoms with Gasteiger partial charge in [0.25, 0.3) is 0 Å². The topological polar surface area (TPSA) is 81.5 Å². The number of halogens is 3. The molecule has 2 aromatic rings. The van der Waals surface area contributed by atoms with Crippen LogP contribution in [0.5, 0.6) is 0 Å². The van der Waals surface area contributed by atoms with Crippen molar-refractivity contribution in [2.45, 2.75) is 38.8 Å². The molecule has 1 aliphatic heterocycles. The number of hydrogen-bond acceptors (Lipinski definition) is 6. The second kappa shape index (κ2) is 11.7. The van der Waals surface area contributed by atoms with Crippen LogP contribution >= 0.6 is 39.1 Å². The number of nitrogens with zero attached hydrogens (tertiary/aromatic N) is 2. The van der Waals surface area contributed by atoms with E-state index in [9.17, 15) is 4.79 Å². The fraction of sp³-hybridized carbons (Fsp3) is 0.389. The lowest BCUT2D eigenvalue weighted by Crippen LogP contribution is -2.22. The first-order valence-electron chi connectivity index (χ1n) is 8.27. The number of carbonyl (C=O) groups is 1. The molecule has 9 heteroatoms. The molecule has 0 amide bonds. The van der Waals surface area contributed by atoms with Gasteiger partial charge >= 0.3 is 0 Å². The Bertz CT molecular complexity index is 758. The standard InChI is InChI=1S/C12H14ClNO3.C6H5BrClNO/c13-10-5-9(11(7-15)14-6-10)8-17-12-3-1-2-4-16-12;7-6-4(3-10)1-5(8)2-9-6/h5-7,12H,1-4,8H2;1-2,10H,3H2. The van der Waals surface area contributed by atoms with Gasteiger partial charge in [-0.3, -0.25) is 9.78 Å². The summed E-state index contributed by atoms with van der Waals surface area (Å²) >= 11 is 14.6. The molecule has 2 aromatic heterocycles. The average Bonchev–Trinajstić information content (AvgIpc) is 2.69. The summed E-state index contributed by atoms with van der Waals surface area (Å²) in [5.41, 5.74) is 1.76. The quantitative estimate of drug-likeness (QED) is 0.501. The van der Waals surface area contributed by atoms with Crippen LogP contribution in [-0.4, -0.2) is 34.3 Å². The van der Waals surface area contributed by atoms with Crippen LogP contribution in [0.15, 0.2) is 29.1 Å². The van der Waals surface area contributed by atoms with Crippen LogP contribution in [0.2, 0.25) is 10.0 Å². The zero-order valence-electron chi connectivity index (χ0n) is 14.4. The highest BCUT2D eigenvalue weighted by Gasteiger charge is 2.15. The molecule has 1 atom stereocenters. The third kappa shape index (κ3) is 7.44. The number of aldehydes is 1. The van der Waals surface area contributed by atoms with Crippen LogP contribution in [-0.2, 0) is 22.7 Å². The Kier molecular flexibility index (Phi) is 9.61. The van der Waals surface area contributed by atoms with Crippen molar-refractivity contribution in [3.05, 3.63) is 56.0 Å². The molecular weight excluding hydrogens is 459 g/mol. The molecule has 1 saturated heterocycles. The van der Waals surface area contributed by atoms with Crippen LogP contribution in [0.4, 0.5) is 0 Å². The van der Waals surface area contributed by atoms with E-state index in [2.05, 4.69) is 25.9 Å². The van der Waals surface area contributed by atoms with Gasteiger partial charge in [-0.15, -0.1) is 0 Å². The lowest BCUT2D eigenvalue weighted by atomic mass is 10.2. The van der Waals surface area contributed by atoms with Crippen molar-refractivity contribution < 1.29 is 19.4 Å². The molecule has 3 heterocycles. The van der Waals surface area contributed by atoms with Gasteiger partial charge in [-0.05, 0) is 47.3 Å². The minimum Gasteiger partial charge on any atom is -0.392 e. The predicted molar refractivity (Wildman–Crippen MR) is 106 cm³/mol. The van der Waals surface area contributed by atoms with Gasteiger partial charge in [-0.1, -0.05) is 23.2 Å². The predicted octanol–water partition coefficient (Wildman–Crippen LogP) is 4.58. The highest BCUT2D eigenvalue weighted by molar-refractivity contribution is 9.10. The summed E-state index contributed by atoms with van der Waals surface area (Å²) in [7, 11) is 0. The van der Waals surface area contributed by atoms with Crippen LogP contribution in [0.1, 0.15) is 40.9 Å². The van der Waals surface area contributed by atoms with Gasteiger partial charge in [0.05, 0.1) is 23.3 Å². The summed E-state index contributed by atoms with van der Waals surface area (Å²) in [6.07, 6.45) is 6.58. The zero-order chi connectivity index (χ0) is 19.6. The maximum Gasteiger partial charge on any atom is 0.168 e. The minimum absolute atomic E-state index is 0.0475. The van der Waals surface area contributed by atoms with E-state index in [1.165, 1.54) is 12.4 Å². The second-order valence-electron chi connectivity index (χ2n) is 5.68. The number of carbonyl (C=O) groups excluding carboxylic acids is 1. The van der Waals surface area contributed by atoms with Crippen LogP contribution < -0.4 is 0 Å². The molecule has 0 bridgehead atoms. The van der Waals surface area contributed by atoms with Crippen molar-refractivity contribution in [3.8, 4) is 0 Å². The van der Waals surface area contributed by atoms with E-state index in [0.29, 0.717) is 44.4 Å². The van der Waals surface area contributed by atoms with Crippen LogP contribution in [0, 0.1) is 0 Å². The fourth-order valence-corrected chi connectivity index (χ4v) is 3.02. The number of hydrogen-bond donors (Lipinski definition) is 1. The Balaban J connectivity index is 0.000000223. The SMILES string of the molecule is O=Cc1ncc(Cl)cc1COC1CCCCO1.OCc1cc(Cl)cnc1Br. The second-order valence-corrected chi connectivity index (χ2v) is 7.31. The van der Waals surface area contributed by atoms with Crippen molar-refractivity contribution in [2.24, 2.45) is 0 Å². The smallest absolute Gasteiger partial charge is 0.168 e. The molecule has 0 aliphatic carbocycles. The third-order valence-electron chi connectivity index (χ3n) is 3.69. The Labute approximate surface area is 176 Å². The number of aromatic nitrogens is 2. The highest BCUT2D eigenvalue weighted by atomic mass is 79.9. The maximum atomic E-state index is 10.8. The molecular formula is C18H19BrCl2N2O4. The van der Waals surface area contributed by atoms with E-state index in [0.717, 1.165) is 25.9 Å². The summed E-state index contributed by atoms with van der Waals surface area (Å²) in [6.45, 7) is 0.986. The van der Waals surface area contributed by atoms with Crippen LogP contribution in [0.3, 0.4) is 0 Å². The van der Waals surface area contributed by atoms with Gasteiger partial charge in [-0.25, -0.2) is 4.98 Å². The molecule has 6 nitrogen and oxygen atoms in total. The first-order chi connectivity index (χ1) is 13.0. The van der Waals surface area contributed by atoms with Crippen molar-refractivity contribution >= 4 is 45.4 Å². The fourth-order valence-electron chi connectivity index (χ4n) is 2.31. The summed E-state index contributed by atoms with van der Waals surface area (Å²) < 4.78 is 11.7. The zero-order valence-corrected chi connectivity index (χ0v) is 17.5. The van der Waals surface area contributed by atoms with E-state index in [4.69, 9.17) is 37.8 Å². The lowest BCUT2D eigenvalue weighted by molar-refractivity contribution is -0.169. The van der Waals surface area contributed by atoms with Gasteiger partial charge in [0.2, 0.25) is 0 Å². The first kappa shape index (κ1) is 22.2. The number of aliphatic hydroxyl groups is 1. The molecule has 0 aromatic carbocycles. The number of aliphatic hydroxyl groups excluding tert-OH is 1. The molecule has 27 heavy (non-hydrogen) atoms. The van der Waals surface area contributed by atoms with E-state index in [1.54, 1.807) is 12.1 Å². The summed E-state index contributed by atoms with van der Waals surface area (Å²) in [5, 5.41) is 9.75. The molecule has 1 aliphatic rings. The Morgan fingerprint density at radius 2 is 1.93 bits per heavy atom. The van der Waals surface area contributed by atoms with Gasteiger partial charge in [0.15, 0.2) is 12.6 Å². The van der Waals surface area contributed by atoms with E-state index >= 15 is 0 Å². The van der Waals surface area contributed by atoms with E-state index in [-0.39, 0.29) is 12.9 Å². The van der Waals surface area contributed by atoms with Crippen molar-refractivity contribution in [3.63, 3.8) is 0 Å². The maximum absolute atomic E-state index is 10.8.